The Labute approximate surface area is 116 Å². The van der Waals surface area contributed by atoms with Crippen LogP contribution in [0.3, 0.4) is 0 Å². The summed E-state index contributed by atoms with van der Waals surface area (Å²) in [5.74, 6) is -6.06. The van der Waals surface area contributed by atoms with Gasteiger partial charge in [-0.1, -0.05) is 30.3 Å². The summed E-state index contributed by atoms with van der Waals surface area (Å²) in [6, 6.07) is 8.81. The van der Waals surface area contributed by atoms with Gasteiger partial charge in [0, 0.05) is 12.0 Å². The minimum absolute atomic E-state index is 0.109. The van der Waals surface area contributed by atoms with Crippen molar-refractivity contribution in [2.45, 2.75) is 18.5 Å². The molecule has 110 valence electrons. The number of phenols is 1. The van der Waals surface area contributed by atoms with Crippen LogP contribution >= 0.6 is 0 Å². The first-order valence-corrected chi connectivity index (χ1v) is 6.11. The lowest BCUT2D eigenvalue weighted by molar-refractivity contribution is -0.289. The standard InChI is InChI=1S/C15H9F5O/c16-14(17,15(18,19)20)12-6-5-10-9-4-2-1-3-8(9)7-11(10)13(12)21/h1-6,21H,7H2. The Morgan fingerprint density at radius 1 is 0.857 bits per heavy atom. The van der Waals surface area contributed by atoms with Gasteiger partial charge in [0.05, 0.1) is 5.56 Å². The Balaban J connectivity index is 2.17. The average molecular weight is 300 g/mol. The Morgan fingerprint density at radius 3 is 2.19 bits per heavy atom. The maximum atomic E-state index is 13.4. The van der Waals surface area contributed by atoms with Crippen LogP contribution in [0.2, 0.25) is 0 Å². The minimum Gasteiger partial charge on any atom is -0.507 e. The molecule has 0 spiro atoms. The molecule has 1 aliphatic rings. The predicted octanol–water partition coefficient (Wildman–Crippen LogP) is 4.62. The van der Waals surface area contributed by atoms with Gasteiger partial charge in [-0.05, 0) is 22.8 Å². The van der Waals surface area contributed by atoms with Gasteiger partial charge in [-0.2, -0.15) is 22.0 Å². The van der Waals surface area contributed by atoms with Gasteiger partial charge < -0.3 is 5.11 Å². The highest BCUT2D eigenvalue weighted by atomic mass is 19.4. The fourth-order valence-corrected chi connectivity index (χ4v) is 2.60. The van der Waals surface area contributed by atoms with E-state index in [0.29, 0.717) is 11.6 Å². The fourth-order valence-electron chi connectivity index (χ4n) is 2.60. The fraction of sp³-hybridized carbons (Fsp3) is 0.200. The van der Waals surface area contributed by atoms with E-state index in [1.165, 1.54) is 6.07 Å². The van der Waals surface area contributed by atoms with Crippen molar-refractivity contribution in [2.75, 3.05) is 0 Å². The Morgan fingerprint density at radius 2 is 1.52 bits per heavy atom. The largest absolute Gasteiger partial charge is 0.507 e. The number of hydrogen-bond acceptors (Lipinski definition) is 1. The van der Waals surface area contributed by atoms with Crippen LogP contribution in [0.25, 0.3) is 11.1 Å². The van der Waals surface area contributed by atoms with Crippen LogP contribution in [0, 0.1) is 0 Å². The highest BCUT2D eigenvalue weighted by Gasteiger charge is 2.60. The van der Waals surface area contributed by atoms with Crippen LogP contribution in [0.5, 0.6) is 5.75 Å². The third-order valence-corrected chi connectivity index (χ3v) is 3.65. The first-order valence-electron chi connectivity index (χ1n) is 6.11. The number of halogens is 5. The number of benzene rings is 2. The van der Waals surface area contributed by atoms with Gasteiger partial charge >= 0.3 is 12.1 Å². The highest BCUT2D eigenvalue weighted by molar-refractivity contribution is 5.79. The zero-order chi connectivity index (χ0) is 15.4. The summed E-state index contributed by atoms with van der Waals surface area (Å²) in [5, 5.41) is 9.90. The molecule has 1 aliphatic carbocycles. The van der Waals surface area contributed by atoms with E-state index < -0.39 is 23.4 Å². The van der Waals surface area contributed by atoms with E-state index in [2.05, 4.69) is 0 Å². The van der Waals surface area contributed by atoms with Gasteiger partial charge in [0.2, 0.25) is 0 Å². The summed E-state index contributed by atoms with van der Waals surface area (Å²) in [4.78, 5) is 0. The second kappa shape index (κ2) is 4.19. The van der Waals surface area contributed by atoms with Crippen LogP contribution < -0.4 is 0 Å². The lowest BCUT2D eigenvalue weighted by Crippen LogP contribution is -2.33. The summed E-state index contributed by atoms with van der Waals surface area (Å²) in [6.07, 6.45) is -5.61. The molecule has 0 unspecified atom stereocenters. The smallest absolute Gasteiger partial charge is 0.458 e. The zero-order valence-electron chi connectivity index (χ0n) is 10.5. The van der Waals surface area contributed by atoms with Crippen LogP contribution in [0.1, 0.15) is 16.7 Å². The van der Waals surface area contributed by atoms with Gasteiger partial charge in [0.1, 0.15) is 5.75 Å². The van der Waals surface area contributed by atoms with E-state index >= 15 is 0 Å². The summed E-state index contributed by atoms with van der Waals surface area (Å²) in [6.45, 7) is 0. The molecule has 0 aliphatic heterocycles. The predicted molar refractivity (Wildman–Crippen MR) is 66.3 cm³/mol. The maximum Gasteiger partial charge on any atom is 0.458 e. The monoisotopic (exact) mass is 300 g/mol. The summed E-state index contributed by atoms with van der Waals surface area (Å²) < 4.78 is 64.2. The molecule has 0 radical (unpaired) electrons. The van der Waals surface area contributed by atoms with Crippen molar-refractivity contribution in [1.82, 2.24) is 0 Å². The molecule has 0 aromatic heterocycles. The number of fused-ring (bicyclic) bond motifs is 3. The molecule has 0 atom stereocenters. The van der Waals surface area contributed by atoms with Crippen LogP contribution in [-0.2, 0) is 12.3 Å². The molecule has 0 amide bonds. The number of phenolic OH excluding ortho intramolecular Hbond substituents is 1. The third-order valence-electron chi connectivity index (χ3n) is 3.65. The molecule has 0 heterocycles. The molecule has 0 fully saturated rings. The van der Waals surface area contributed by atoms with Crippen molar-refractivity contribution in [3.05, 3.63) is 53.1 Å². The molecule has 21 heavy (non-hydrogen) atoms. The van der Waals surface area contributed by atoms with Gasteiger partial charge in [0.25, 0.3) is 0 Å². The van der Waals surface area contributed by atoms with Crippen LogP contribution in [0.15, 0.2) is 36.4 Å². The van der Waals surface area contributed by atoms with E-state index in [1.807, 2.05) is 0 Å². The Bertz CT molecular complexity index is 718. The number of hydrogen-bond donors (Lipinski definition) is 1. The molecule has 2 aromatic rings. The average Bonchev–Trinajstić information content (AvgIpc) is 2.77. The van der Waals surface area contributed by atoms with Gasteiger partial charge in [-0.25, -0.2) is 0 Å². The number of rotatable bonds is 1. The molecular weight excluding hydrogens is 291 g/mol. The molecule has 3 rings (SSSR count). The van der Waals surface area contributed by atoms with E-state index in [1.54, 1.807) is 24.3 Å². The molecule has 6 heteroatoms. The molecule has 2 aromatic carbocycles. The van der Waals surface area contributed by atoms with Crippen molar-refractivity contribution in [3.63, 3.8) is 0 Å². The van der Waals surface area contributed by atoms with Crippen LogP contribution in [-0.4, -0.2) is 11.3 Å². The van der Waals surface area contributed by atoms with Gasteiger partial charge in [-0.3, -0.25) is 0 Å². The molecule has 0 saturated heterocycles. The van der Waals surface area contributed by atoms with Crippen molar-refractivity contribution in [1.29, 1.82) is 0 Å². The molecule has 1 nitrogen and oxygen atoms in total. The maximum absolute atomic E-state index is 13.4. The molecule has 0 saturated carbocycles. The summed E-state index contributed by atoms with van der Waals surface area (Å²) in [5.41, 5.74) is 0.726. The van der Waals surface area contributed by atoms with Gasteiger partial charge in [0.15, 0.2) is 0 Å². The van der Waals surface area contributed by atoms with Crippen molar-refractivity contribution < 1.29 is 27.1 Å². The molecular formula is C15H9F5O. The van der Waals surface area contributed by atoms with E-state index in [9.17, 15) is 27.1 Å². The quantitative estimate of drug-likeness (QED) is 0.650. The van der Waals surface area contributed by atoms with E-state index in [4.69, 9.17) is 0 Å². The molecule has 1 N–H and O–H groups in total. The zero-order valence-corrected chi connectivity index (χ0v) is 10.5. The minimum atomic E-state index is -5.75. The first kappa shape index (κ1) is 13.9. The normalized spacial score (nSPS) is 14.0. The lowest BCUT2D eigenvalue weighted by Gasteiger charge is -2.22. The number of aromatic hydroxyl groups is 1. The first-order chi connectivity index (χ1) is 9.73. The SMILES string of the molecule is Oc1c(C(F)(F)C(F)(F)F)ccc2c1Cc1ccccc1-2. The third kappa shape index (κ3) is 1.89. The van der Waals surface area contributed by atoms with Crippen LogP contribution in [0.4, 0.5) is 22.0 Å². The number of alkyl halides is 5. The second-order valence-corrected chi connectivity index (χ2v) is 4.89. The molecule has 0 bridgehead atoms. The Hall–Kier alpha value is -2.11. The van der Waals surface area contributed by atoms with Crippen molar-refractivity contribution in [2.24, 2.45) is 0 Å². The Kier molecular flexibility index (Phi) is 2.77. The topological polar surface area (TPSA) is 20.2 Å². The van der Waals surface area contributed by atoms with Gasteiger partial charge in [-0.15, -0.1) is 0 Å². The van der Waals surface area contributed by atoms with Crippen molar-refractivity contribution >= 4 is 0 Å². The van der Waals surface area contributed by atoms with E-state index in [-0.39, 0.29) is 12.0 Å². The highest BCUT2D eigenvalue weighted by Crippen LogP contribution is 2.51. The summed E-state index contributed by atoms with van der Waals surface area (Å²) >= 11 is 0. The second-order valence-electron chi connectivity index (χ2n) is 4.89. The summed E-state index contributed by atoms with van der Waals surface area (Å²) in [7, 11) is 0. The van der Waals surface area contributed by atoms with E-state index in [0.717, 1.165) is 11.1 Å². The van der Waals surface area contributed by atoms with Crippen molar-refractivity contribution in [3.8, 4) is 16.9 Å². The lowest BCUT2D eigenvalue weighted by atomic mass is 9.98.